The second-order valence-electron chi connectivity index (χ2n) is 5.91. The van der Waals surface area contributed by atoms with Gasteiger partial charge in [-0.05, 0) is 43.0 Å². The molecule has 0 unspecified atom stereocenters. The Bertz CT molecular complexity index is 477. The van der Waals surface area contributed by atoms with Crippen molar-refractivity contribution in [2.45, 2.75) is 37.2 Å². The van der Waals surface area contributed by atoms with Gasteiger partial charge in [-0.25, -0.2) is 0 Å². The lowest BCUT2D eigenvalue weighted by Gasteiger charge is -2.24. The van der Waals surface area contributed by atoms with Crippen molar-refractivity contribution in [3.05, 3.63) is 24.3 Å². The summed E-state index contributed by atoms with van der Waals surface area (Å²) in [5.41, 5.74) is 0. The molecule has 1 saturated heterocycles. The zero-order chi connectivity index (χ0) is 15.9. The largest absolute Gasteiger partial charge is 0.497 e. The van der Waals surface area contributed by atoms with Crippen LogP contribution in [0.1, 0.15) is 26.2 Å². The summed E-state index contributed by atoms with van der Waals surface area (Å²) in [6.45, 7) is 3.62. The lowest BCUT2D eigenvalue weighted by Crippen LogP contribution is -2.35. The number of benzene rings is 1. The van der Waals surface area contributed by atoms with Crippen molar-refractivity contribution in [2.75, 3.05) is 26.0 Å². The van der Waals surface area contributed by atoms with Gasteiger partial charge in [0.25, 0.3) is 0 Å². The molecule has 1 aromatic carbocycles. The Hall–Kier alpha value is -1.20. The van der Waals surface area contributed by atoms with Crippen LogP contribution in [0.2, 0.25) is 0 Å². The molecule has 0 aromatic heterocycles. The van der Waals surface area contributed by atoms with E-state index in [1.54, 1.807) is 18.9 Å². The van der Waals surface area contributed by atoms with E-state index >= 15 is 0 Å². The number of methoxy groups -OCH3 is 1. The van der Waals surface area contributed by atoms with Gasteiger partial charge in [-0.15, -0.1) is 11.8 Å². The minimum atomic E-state index is -0.321. The summed E-state index contributed by atoms with van der Waals surface area (Å²) >= 11 is 1.80. The molecular formula is C17H25NO3S. The van der Waals surface area contributed by atoms with Crippen LogP contribution in [0.3, 0.4) is 0 Å². The van der Waals surface area contributed by atoms with Gasteiger partial charge in [-0.1, -0.05) is 6.92 Å². The van der Waals surface area contributed by atoms with E-state index in [4.69, 9.17) is 4.74 Å². The maximum Gasteiger partial charge on any atom is 0.222 e. The Labute approximate surface area is 136 Å². The average Bonchev–Trinajstić information content (AvgIpc) is 2.69. The summed E-state index contributed by atoms with van der Waals surface area (Å²) in [4.78, 5) is 15.2. The monoisotopic (exact) mass is 323 g/mol. The van der Waals surface area contributed by atoms with Crippen molar-refractivity contribution in [2.24, 2.45) is 5.92 Å². The van der Waals surface area contributed by atoms with E-state index in [-0.39, 0.29) is 12.0 Å². The Balaban J connectivity index is 1.79. The number of hydrogen-bond acceptors (Lipinski definition) is 4. The predicted molar refractivity (Wildman–Crippen MR) is 89.3 cm³/mol. The molecule has 1 N–H and O–H groups in total. The molecule has 0 bridgehead atoms. The van der Waals surface area contributed by atoms with Crippen LogP contribution >= 0.6 is 11.8 Å². The van der Waals surface area contributed by atoms with Gasteiger partial charge in [0, 0.05) is 30.2 Å². The quantitative estimate of drug-likeness (QED) is 0.818. The highest BCUT2D eigenvalue weighted by molar-refractivity contribution is 7.99. The molecule has 0 radical (unpaired) electrons. The van der Waals surface area contributed by atoms with E-state index in [1.807, 2.05) is 17.0 Å². The van der Waals surface area contributed by atoms with E-state index in [1.165, 1.54) is 4.90 Å². The number of thioether (sulfide) groups is 1. The predicted octanol–water partition coefficient (Wildman–Crippen LogP) is 2.80. The fourth-order valence-corrected chi connectivity index (χ4v) is 3.47. The number of aliphatic hydroxyl groups excluding tert-OH is 1. The van der Waals surface area contributed by atoms with Crippen LogP contribution in [0.15, 0.2) is 29.2 Å². The molecule has 0 aliphatic carbocycles. The Morgan fingerprint density at radius 2 is 2.09 bits per heavy atom. The number of amides is 1. The topological polar surface area (TPSA) is 49.8 Å². The van der Waals surface area contributed by atoms with Crippen molar-refractivity contribution in [3.8, 4) is 5.75 Å². The third kappa shape index (κ3) is 5.21. The summed E-state index contributed by atoms with van der Waals surface area (Å²) in [5.74, 6) is 2.44. The highest BCUT2D eigenvalue weighted by Gasteiger charge is 2.22. The third-order valence-corrected chi connectivity index (χ3v) is 5.24. The number of nitrogens with zero attached hydrogens (tertiary/aromatic N) is 1. The molecule has 1 heterocycles. The fourth-order valence-electron chi connectivity index (χ4n) is 2.55. The molecule has 1 amide bonds. The average molecular weight is 323 g/mol. The van der Waals surface area contributed by atoms with Crippen LogP contribution in [0.4, 0.5) is 0 Å². The number of aliphatic hydroxyl groups is 1. The molecule has 0 spiro atoms. The second-order valence-corrected chi connectivity index (χ2v) is 7.01. The molecule has 122 valence electrons. The Morgan fingerprint density at radius 1 is 1.36 bits per heavy atom. The van der Waals surface area contributed by atoms with Gasteiger partial charge in [0.15, 0.2) is 0 Å². The van der Waals surface area contributed by atoms with Gasteiger partial charge in [-0.2, -0.15) is 0 Å². The van der Waals surface area contributed by atoms with Crippen LogP contribution < -0.4 is 4.74 Å². The number of carbonyl (C=O) groups is 1. The van der Waals surface area contributed by atoms with Gasteiger partial charge in [0.05, 0.1) is 13.2 Å². The number of rotatable bonds is 6. The summed E-state index contributed by atoms with van der Waals surface area (Å²) in [6, 6.07) is 8.05. The van der Waals surface area contributed by atoms with Gasteiger partial charge in [0.2, 0.25) is 5.91 Å². The van der Waals surface area contributed by atoms with Crippen molar-refractivity contribution < 1.29 is 14.6 Å². The molecular weight excluding hydrogens is 298 g/mol. The summed E-state index contributed by atoms with van der Waals surface area (Å²) in [5, 5.41) is 9.66. The molecule has 1 aromatic rings. The van der Waals surface area contributed by atoms with Crippen molar-refractivity contribution in [1.82, 2.24) is 4.90 Å². The van der Waals surface area contributed by atoms with Crippen LogP contribution in [0.5, 0.6) is 5.75 Å². The fraction of sp³-hybridized carbons (Fsp3) is 0.588. The highest BCUT2D eigenvalue weighted by Crippen LogP contribution is 2.24. The molecule has 2 rings (SSSR count). The summed E-state index contributed by atoms with van der Waals surface area (Å²) in [6.07, 6.45) is 1.45. The first-order valence-corrected chi connectivity index (χ1v) is 8.79. The molecule has 1 fully saturated rings. The van der Waals surface area contributed by atoms with Gasteiger partial charge >= 0.3 is 0 Å². The molecule has 1 aliphatic rings. The molecule has 5 heteroatoms. The summed E-state index contributed by atoms with van der Waals surface area (Å²) in [7, 11) is 1.67. The first-order chi connectivity index (χ1) is 10.6. The normalized spacial score (nSPS) is 20.6. The van der Waals surface area contributed by atoms with E-state index < -0.39 is 0 Å². The molecule has 1 aliphatic heterocycles. The van der Waals surface area contributed by atoms with E-state index in [9.17, 15) is 9.90 Å². The van der Waals surface area contributed by atoms with E-state index in [2.05, 4.69) is 19.1 Å². The number of carbonyl (C=O) groups excluding carboxylic acids is 1. The lowest BCUT2D eigenvalue weighted by atomic mass is 10.2. The number of hydrogen-bond donors (Lipinski definition) is 1. The van der Waals surface area contributed by atoms with Gasteiger partial charge in [-0.3, -0.25) is 4.79 Å². The van der Waals surface area contributed by atoms with Gasteiger partial charge in [0.1, 0.15) is 5.75 Å². The van der Waals surface area contributed by atoms with Crippen molar-refractivity contribution >= 4 is 17.7 Å². The van der Waals surface area contributed by atoms with Crippen LogP contribution in [-0.4, -0.2) is 48.0 Å². The minimum absolute atomic E-state index is 0.179. The van der Waals surface area contributed by atoms with Crippen molar-refractivity contribution in [3.63, 3.8) is 0 Å². The van der Waals surface area contributed by atoms with Crippen molar-refractivity contribution in [1.29, 1.82) is 0 Å². The maximum atomic E-state index is 12.0. The standard InChI is InChI=1S/C17H25NO3S/c1-13(11-18-10-9-14(19)3-8-17(18)20)12-22-16-6-4-15(21-2)5-7-16/h4-7,13-14,19H,3,8-12H2,1-2H3/t13-,14-/m1/s1. The number of likely N-dealkylation sites (tertiary alicyclic amines) is 1. The smallest absolute Gasteiger partial charge is 0.222 e. The van der Waals surface area contributed by atoms with Crippen LogP contribution in [0, 0.1) is 5.92 Å². The first kappa shape index (κ1) is 17.2. The SMILES string of the molecule is COc1ccc(SC[C@H](C)CN2CC[C@H](O)CCC2=O)cc1. The highest BCUT2D eigenvalue weighted by atomic mass is 32.2. The Kier molecular flexibility index (Phi) is 6.58. The summed E-state index contributed by atoms with van der Waals surface area (Å²) < 4.78 is 5.15. The van der Waals surface area contributed by atoms with E-state index in [0.29, 0.717) is 31.7 Å². The minimum Gasteiger partial charge on any atom is -0.497 e. The lowest BCUT2D eigenvalue weighted by molar-refractivity contribution is -0.131. The zero-order valence-corrected chi connectivity index (χ0v) is 14.1. The first-order valence-electron chi connectivity index (χ1n) is 7.81. The molecule has 22 heavy (non-hydrogen) atoms. The second kappa shape index (κ2) is 8.44. The van der Waals surface area contributed by atoms with Crippen LogP contribution in [0.25, 0.3) is 0 Å². The molecule has 4 nitrogen and oxygen atoms in total. The van der Waals surface area contributed by atoms with Gasteiger partial charge < -0.3 is 14.7 Å². The zero-order valence-electron chi connectivity index (χ0n) is 13.3. The third-order valence-electron chi connectivity index (χ3n) is 3.90. The van der Waals surface area contributed by atoms with Crippen LogP contribution in [-0.2, 0) is 4.79 Å². The number of ether oxygens (including phenoxy) is 1. The molecule has 0 saturated carbocycles. The maximum absolute atomic E-state index is 12.0. The Morgan fingerprint density at radius 3 is 2.77 bits per heavy atom. The molecule has 2 atom stereocenters. The van der Waals surface area contributed by atoms with E-state index in [0.717, 1.165) is 18.0 Å².